The van der Waals surface area contributed by atoms with Crippen LogP contribution in [0, 0.1) is 12.0 Å². The molecule has 0 atom stereocenters. The van der Waals surface area contributed by atoms with Crippen molar-refractivity contribution in [3.05, 3.63) is 22.3 Å². The van der Waals surface area contributed by atoms with Crippen LogP contribution in [-0.2, 0) is 11.2 Å². The van der Waals surface area contributed by atoms with Gasteiger partial charge in [0, 0.05) is 17.1 Å². The molecule has 0 spiro atoms. The molecule has 1 rings (SSSR count). The molecule has 3 nitrogen and oxygen atoms in total. The normalized spacial score (nSPS) is 8.14. The molecule has 0 aliphatic rings. The number of anilines is 1. The highest BCUT2D eigenvalue weighted by atomic mass is 79.9. The second kappa shape index (κ2) is 6.68. The van der Waals surface area contributed by atoms with E-state index in [9.17, 15) is 0 Å². The van der Waals surface area contributed by atoms with Crippen LogP contribution in [-0.4, -0.2) is 12.1 Å². The number of ether oxygens (including phenoxy) is 1. The lowest BCUT2D eigenvalue weighted by Crippen LogP contribution is -1.93. The van der Waals surface area contributed by atoms with Gasteiger partial charge in [0.15, 0.2) is 0 Å². The number of hydrogen-bond donors (Lipinski definition) is 1. The van der Waals surface area contributed by atoms with Crippen molar-refractivity contribution in [1.29, 1.82) is 0 Å². The van der Waals surface area contributed by atoms with Crippen LogP contribution in [0.5, 0.6) is 0 Å². The summed E-state index contributed by atoms with van der Waals surface area (Å²) in [6.07, 6.45) is 4.78. The van der Waals surface area contributed by atoms with Crippen molar-refractivity contribution in [2.45, 2.75) is 6.42 Å². The molecule has 0 aliphatic heterocycles. The Kier molecular flexibility index (Phi) is 6.34. The molecule has 0 bridgehead atoms. The van der Waals surface area contributed by atoms with Crippen molar-refractivity contribution >= 4 is 38.7 Å². The molecule has 0 radical (unpaired) electrons. The van der Waals surface area contributed by atoms with Crippen molar-refractivity contribution < 1.29 is 4.74 Å². The Morgan fingerprint density at radius 3 is 3.00 bits per heavy atom. The standard InChI is InChI=1S/C9H9BrN2O.BrH/c1-13-4-2-3-7-5-9(11)12-6-8(7)10;/h5-6H,3H2,1H3,(H2,11,12);1H. The first-order valence-electron chi connectivity index (χ1n) is 3.64. The Morgan fingerprint density at radius 2 is 2.36 bits per heavy atom. The van der Waals surface area contributed by atoms with E-state index in [0.29, 0.717) is 12.2 Å². The molecule has 76 valence electrons. The third kappa shape index (κ3) is 3.99. The maximum atomic E-state index is 5.52. The van der Waals surface area contributed by atoms with E-state index >= 15 is 0 Å². The minimum atomic E-state index is 0. The highest BCUT2D eigenvalue weighted by molar-refractivity contribution is 9.10. The van der Waals surface area contributed by atoms with Crippen LogP contribution >= 0.6 is 32.9 Å². The molecule has 0 aromatic carbocycles. The summed E-state index contributed by atoms with van der Waals surface area (Å²) in [4.78, 5) is 3.92. The highest BCUT2D eigenvalue weighted by Gasteiger charge is 1.98. The van der Waals surface area contributed by atoms with Crippen LogP contribution in [0.15, 0.2) is 16.7 Å². The van der Waals surface area contributed by atoms with E-state index in [4.69, 9.17) is 5.73 Å². The van der Waals surface area contributed by atoms with E-state index in [1.54, 1.807) is 12.3 Å². The Bertz CT molecular complexity index is 358. The molecule has 1 heterocycles. The van der Waals surface area contributed by atoms with Crippen LogP contribution in [0.4, 0.5) is 5.82 Å². The van der Waals surface area contributed by atoms with Gasteiger partial charge in [-0.3, -0.25) is 0 Å². The lowest BCUT2D eigenvalue weighted by Gasteiger charge is -1.99. The average Bonchev–Trinajstić information content (AvgIpc) is 2.11. The Labute approximate surface area is 102 Å². The molecule has 2 N–H and O–H groups in total. The zero-order valence-corrected chi connectivity index (χ0v) is 10.9. The minimum Gasteiger partial charge on any atom is -0.450 e. The monoisotopic (exact) mass is 320 g/mol. The van der Waals surface area contributed by atoms with Gasteiger partial charge >= 0.3 is 0 Å². The van der Waals surface area contributed by atoms with Gasteiger partial charge < -0.3 is 10.5 Å². The molecule has 0 saturated heterocycles. The molecule has 0 amide bonds. The first kappa shape index (κ1) is 13.3. The Balaban J connectivity index is 0.00000169. The number of nitrogens with two attached hydrogens (primary N) is 1. The summed E-state index contributed by atoms with van der Waals surface area (Å²) in [5, 5.41) is 0. The van der Waals surface area contributed by atoms with Gasteiger partial charge in [0.05, 0.1) is 7.11 Å². The minimum absolute atomic E-state index is 0. The molecule has 0 aliphatic carbocycles. The number of pyridine rings is 1. The van der Waals surface area contributed by atoms with Crippen LogP contribution in [0.3, 0.4) is 0 Å². The largest absolute Gasteiger partial charge is 0.450 e. The zero-order valence-electron chi connectivity index (χ0n) is 7.58. The molecule has 14 heavy (non-hydrogen) atoms. The van der Waals surface area contributed by atoms with Crippen molar-refractivity contribution in [2.75, 3.05) is 12.8 Å². The fraction of sp³-hybridized carbons (Fsp3) is 0.222. The van der Waals surface area contributed by atoms with Gasteiger partial charge in [0.2, 0.25) is 0 Å². The third-order valence-electron chi connectivity index (χ3n) is 1.41. The van der Waals surface area contributed by atoms with Gasteiger partial charge in [-0.25, -0.2) is 4.98 Å². The number of hydrogen-bond acceptors (Lipinski definition) is 3. The van der Waals surface area contributed by atoms with Crippen LogP contribution in [0.25, 0.3) is 0 Å². The summed E-state index contributed by atoms with van der Waals surface area (Å²) in [5.74, 6) is 3.33. The van der Waals surface area contributed by atoms with Gasteiger partial charge in [-0.15, -0.1) is 17.0 Å². The number of aromatic nitrogens is 1. The smallest absolute Gasteiger partial charge is 0.123 e. The van der Waals surface area contributed by atoms with E-state index in [2.05, 4.69) is 37.7 Å². The molecule has 1 aromatic rings. The number of nitrogen functional groups attached to an aromatic ring is 1. The molecule has 0 fully saturated rings. The highest BCUT2D eigenvalue weighted by Crippen LogP contribution is 2.17. The summed E-state index contributed by atoms with van der Waals surface area (Å²) in [6.45, 7) is 0. The zero-order chi connectivity index (χ0) is 9.68. The summed E-state index contributed by atoms with van der Waals surface area (Å²) >= 11 is 3.36. The Hall–Kier alpha value is -0.730. The average molecular weight is 322 g/mol. The Morgan fingerprint density at radius 1 is 1.64 bits per heavy atom. The van der Waals surface area contributed by atoms with E-state index in [1.807, 2.05) is 0 Å². The fourth-order valence-corrected chi connectivity index (χ4v) is 1.19. The van der Waals surface area contributed by atoms with Gasteiger partial charge in [-0.05, 0) is 27.6 Å². The predicted octanol–water partition coefficient (Wildman–Crippen LogP) is 2.15. The first-order valence-corrected chi connectivity index (χ1v) is 4.44. The summed E-state index contributed by atoms with van der Waals surface area (Å²) < 4.78 is 5.52. The van der Waals surface area contributed by atoms with Crippen LogP contribution in [0.2, 0.25) is 0 Å². The van der Waals surface area contributed by atoms with E-state index in [0.717, 1.165) is 10.0 Å². The first-order chi connectivity index (χ1) is 6.24. The second-order valence-corrected chi connectivity index (χ2v) is 3.21. The number of methoxy groups -OCH3 is 1. The van der Waals surface area contributed by atoms with E-state index in [1.165, 1.54) is 7.11 Å². The third-order valence-corrected chi connectivity index (χ3v) is 2.12. The van der Waals surface area contributed by atoms with E-state index < -0.39 is 0 Å². The summed E-state index contributed by atoms with van der Waals surface area (Å²) in [7, 11) is 1.53. The van der Waals surface area contributed by atoms with Crippen molar-refractivity contribution in [3.63, 3.8) is 0 Å². The van der Waals surface area contributed by atoms with Gasteiger partial charge in [0.25, 0.3) is 0 Å². The number of halogens is 2. The van der Waals surface area contributed by atoms with Gasteiger partial charge in [0.1, 0.15) is 11.9 Å². The molecule has 0 unspecified atom stereocenters. The maximum Gasteiger partial charge on any atom is 0.123 e. The summed E-state index contributed by atoms with van der Waals surface area (Å²) in [5.41, 5.74) is 6.53. The second-order valence-electron chi connectivity index (χ2n) is 2.36. The topological polar surface area (TPSA) is 48.1 Å². The lowest BCUT2D eigenvalue weighted by molar-refractivity contribution is 0.372. The quantitative estimate of drug-likeness (QED) is 0.806. The SMILES string of the molecule is Br.COC#CCc1cc(N)ncc1Br. The van der Waals surface area contributed by atoms with Gasteiger partial charge in [-0.2, -0.15) is 0 Å². The number of rotatable bonds is 1. The lowest BCUT2D eigenvalue weighted by atomic mass is 10.2. The fourth-order valence-electron chi connectivity index (χ4n) is 0.838. The van der Waals surface area contributed by atoms with Crippen molar-refractivity contribution in [2.24, 2.45) is 0 Å². The molecule has 5 heteroatoms. The maximum absolute atomic E-state index is 5.52. The molecule has 0 saturated carbocycles. The van der Waals surface area contributed by atoms with Crippen LogP contribution in [0.1, 0.15) is 5.56 Å². The van der Waals surface area contributed by atoms with E-state index in [-0.39, 0.29) is 17.0 Å². The van der Waals surface area contributed by atoms with Crippen molar-refractivity contribution in [1.82, 2.24) is 4.98 Å². The molecular weight excluding hydrogens is 312 g/mol. The van der Waals surface area contributed by atoms with Gasteiger partial charge in [-0.1, -0.05) is 5.92 Å². The number of nitrogens with zero attached hydrogens (tertiary/aromatic N) is 1. The molecule has 1 aromatic heterocycles. The van der Waals surface area contributed by atoms with Crippen LogP contribution < -0.4 is 5.73 Å². The van der Waals surface area contributed by atoms with Crippen molar-refractivity contribution in [3.8, 4) is 12.0 Å². The summed E-state index contributed by atoms with van der Waals surface area (Å²) in [6, 6.07) is 1.79. The predicted molar refractivity (Wildman–Crippen MR) is 65.2 cm³/mol. The molecular formula is C9H10Br2N2O.